The summed E-state index contributed by atoms with van der Waals surface area (Å²) in [7, 11) is 0. The summed E-state index contributed by atoms with van der Waals surface area (Å²) in [6.07, 6.45) is 0. The number of nitrogens with zero attached hydrogens (tertiary/aromatic N) is 2. The molecule has 0 atom stereocenters. The summed E-state index contributed by atoms with van der Waals surface area (Å²) in [6.45, 7) is 4.29. The monoisotopic (exact) mass is 353 g/mol. The Morgan fingerprint density at radius 1 is 1.04 bits per heavy atom. The molecule has 1 amide bonds. The zero-order valence-electron chi connectivity index (χ0n) is 14.2. The van der Waals surface area contributed by atoms with Crippen LogP contribution in [0.4, 0.5) is 0 Å². The van der Waals surface area contributed by atoms with Gasteiger partial charge in [0.25, 0.3) is 0 Å². The fourth-order valence-corrected chi connectivity index (χ4v) is 2.88. The van der Waals surface area contributed by atoms with Gasteiger partial charge in [0.1, 0.15) is 0 Å². The van der Waals surface area contributed by atoms with Crippen LogP contribution in [0.1, 0.15) is 17.0 Å². The summed E-state index contributed by atoms with van der Waals surface area (Å²) in [6, 6.07) is 16.0. The number of benzene rings is 2. The van der Waals surface area contributed by atoms with E-state index in [1.165, 1.54) is 22.9 Å². The van der Waals surface area contributed by atoms with Gasteiger partial charge in [-0.1, -0.05) is 52.7 Å². The maximum Gasteiger partial charge on any atom is 0.246 e. The topological polar surface area (TPSA) is 68.0 Å². The van der Waals surface area contributed by atoms with Gasteiger partial charge in [0.2, 0.25) is 17.6 Å². The minimum Gasteiger partial charge on any atom is -0.346 e. The van der Waals surface area contributed by atoms with E-state index < -0.39 is 0 Å². The average Bonchev–Trinajstić information content (AvgIpc) is 3.09. The summed E-state index contributed by atoms with van der Waals surface area (Å²) >= 11 is 1.50. The summed E-state index contributed by atoms with van der Waals surface area (Å²) in [5.74, 6) is 1.20. The highest BCUT2D eigenvalue weighted by molar-refractivity contribution is 8.00. The molecular formula is C19H19N3O2S. The molecule has 1 heterocycles. The van der Waals surface area contributed by atoms with Crippen molar-refractivity contribution in [3.05, 3.63) is 65.5 Å². The molecule has 0 aliphatic heterocycles. The molecule has 128 valence electrons. The molecule has 0 unspecified atom stereocenters. The molecule has 0 spiro atoms. The number of rotatable bonds is 6. The van der Waals surface area contributed by atoms with Gasteiger partial charge in [0.15, 0.2) is 0 Å². The van der Waals surface area contributed by atoms with E-state index in [0.717, 1.165) is 10.5 Å². The summed E-state index contributed by atoms with van der Waals surface area (Å²) < 4.78 is 5.19. The number of hydrogen-bond acceptors (Lipinski definition) is 5. The van der Waals surface area contributed by atoms with Crippen LogP contribution in [0.2, 0.25) is 0 Å². The van der Waals surface area contributed by atoms with Crippen molar-refractivity contribution in [3.8, 4) is 11.4 Å². The van der Waals surface area contributed by atoms with Crippen LogP contribution in [0.3, 0.4) is 0 Å². The molecule has 6 heteroatoms. The predicted molar refractivity (Wildman–Crippen MR) is 98.2 cm³/mol. The summed E-state index contributed by atoms with van der Waals surface area (Å²) in [5.41, 5.74) is 3.27. The van der Waals surface area contributed by atoms with Gasteiger partial charge in [-0.3, -0.25) is 4.79 Å². The van der Waals surface area contributed by atoms with E-state index in [2.05, 4.69) is 15.5 Å². The lowest BCUT2D eigenvalue weighted by atomic mass is 10.1. The average molecular weight is 353 g/mol. The van der Waals surface area contributed by atoms with E-state index in [0.29, 0.717) is 17.5 Å². The molecule has 0 fully saturated rings. The molecule has 1 N–H and O–H groups in total. The Morgan fingerprint density at radius 2 is 1.68 bits per heavy atom. The Labute approximate surface area is 150 Å². The molecular weight excluding hydrogens is 334 g/mol. The van der Waals surface area contributed by atoms with Gasteiger partial charge in [0.05, 0.1) is 12.3 Å². The molecule has 0 aliphatic carbocycles. The molecule has 1 aromatic heterocycles. The molecule has 25 heavy (non-hydrogen) atoms. The van der Waals surface area contributed by atoms with Crippen molar-refractivity contribution < 1.29 is 9.32 Å². The van der Waals surface area contributed by atoms with E-state index in [1.807, 2.05) is 62.4 Å². The van der Waals surface area contributed by atoms with Crippen LogP contribution in [-0.4, -0.2) is 21.8 Å². The Bertz CT molecular complexity index is 842. The lowest BCUT2D eigenvalue weighted by Gasteiger charge is -2.03. The van der Waals surface area contributed by atoms with Crippen molar-refractivity contribution in [2.75, 3.05) is 5.75 Å². The van der Waals surface area contributed by atoms with Crippen LogP contribution in [0.25, 0.3) is 11.4 Å². The zero-order chi connectivity index (χ0) is 17.6. The van der Waals surface area contributed by atoms with E-state index in [1.54, 1.807) is 0 Å². The van der Waals surface area contributed by atoms with E-state index in [-0.39, 0.29) is 12.5 Å². The fraction of sp³-hybridized carbons (Fsp3) is 0.211. The number of carbonyl (C=O) groups excluding carboxylic acids is 1. The van der Waals surface area contributed by atoms with Crippen LogP contribution in [-0.2, 0) is 11.3 Å². The largest absolute Gasteiger partial charge is 0.346 e. The van der Waals surface area contributed by atoms with Crippen LogP contribution in [0, 0.1) is 13.8 Å². The second-order valence-corrected chi connectivity index (χ2v) is 6.80. The van der Waals surface area contributed by atoms with Crippen LogP contribution in [0.5, 0.6) is 0 Å². The van der Waals surface area contributed by atoms with E-state index in [9.17, 15) is 4.79 Å². The number of carbonyl (C=O) groups is 1. The molecule has 0 bridgehead atoms. The zero-order valence-corrected chi connectivity index (χ0v) is 15.0. The van der Waals surface area contributed by atoms with Crippen molar-refractivity contribution in [1.29, 1.82) is 0 Å². The van der Waals surface area contributed by atoms with Crippen LogP contribution < -0.4 is 5.32 Å². The molecule has 3 aromatic rings. The Hall–Kier alpha value is -2.60. The number of nitrogens with one attached hydrogen (secondary N) is 1. The van der Waals surface area contributed by atoms with Crippen molar-refractivity contribution in [3.63, 3.8) is 0 Å². The van der Waals surface area contributed by atoms with Crippen LogP contribution >= 0.6 is 11.8 Å². The number of thioether (sulfide) groups is 1. The quantitative estimate of drug-likeness (QED) is 0.683. The van der Waals surface area contributed by atoms with Gasteiger partial charge >= 0.3 is 0 Å². The normalized spacial score (nSPS) is 10.6. The molecule has 3 rings (SSSR count). The maximum absolute atomic E-state index is 11.9. The SMILES string of the molecule is Cc1ccc(SCC(=O)NCc2nc(-c3ccc(C)cc3)no2)cc1. The van der Waals surface area contributed by atoms with Gasteiger partial charge in [0, 0.05) is 10.5 Å². The van der Waals surface area contributed by atoms with Crippen molar-refractivity contribution in [1.82, 2.24) is 15.5 Å². The smallest absolute Gasteiger partial charge is 0.246 e. The third kappa shape index (κ3) is 4.93. The van der Waals surface area contributed by atoms with E-state index in [4.69, 9.17) is 4.52 Å². The maximum atomic E-state index is 11.9. The van der Waals surface area contributed by atoms with Crippen molar-refractivity contribution in [2.45, 2.75) is 25.3 Å². The second kappa shape index (κ2) is 7.98. The second-order valence-electron chi connectivity index (χ2n) is 5.76. The highest BCUT2D eigenvalue weighted by atomic mass is 32.2. The summed E-state index contributed by atoms with van der Waals surface area (Å²) in [4.78, 5) is 17.3. The first-order valence-electron chi connectivity index (χ1n) is 7.96. The first-order valence-corrected chi connectivity index (χ1v) is 8.94. The molecule has 2 aromatic carbocycles. The molecule has 0 radical (unpaired) electrons. The minimum absolute atomic E-state index is 0.0688. The lowest BCUT2D eigenvalue weighted by molar-refractivity contribution is -0.118. The first-order chi connectivity index (χ1) is 12.1. The fourth-order valence-electron chi connectivity index (χ4n) is 2.16. The summed E-state index contributed by atoms with van der Waals surface area (Å²) in [5, 5.41) is 6.75. The molecule has 5 nitrogen and oxygen atoms in total. The number of hydrogen-bond donors (Lipinski definition) is 1. The van der Waals surface area contributed by atoms with E-state index >= 15 is 0 Å². The van der Waals surface area contributed by atoms with Crippen molar-refractivity contribution in [2.24, 2.45) is 0 Å². The standard InChI is InChI=1S/C19H19N3O2S/c1-13-3-7-15(8-4-13)19-21-18(24-22-19)11-20-17(23)12-25-16-9-5-14(2)6-10-16/h3-10H,11-12H2,1-2H3,(H,20,23). The molecule has 0 saturated carbocycles. The van der Waals surface area contributed by atoms with Crippen LogP contribution in [0.15, 0.2) is 57.9 Å². The van der Waals surface area contributed by atoms with Gasteiger partial charge < -0.3 is 9.84 Å². The number of aryl methyl sites for hydroxylation is 2. The number of amides is 1. The third-order valence-corrected chi connectivity index (χ3v) is 4.62. The Balaban J connectivity index is 1.49. The third-order valence-electron chi connectivity index (χ3n) is 3.61. The van der Waals surface area contributed by atoms with Crippen molar-refractivity contribution >= 4 is 17.7 Å². The highest BCUT2D eigenvalue weighted by Crippen LogP contribution is 2.18. The van der Waals surface area contributed by atoms with Gasteiger partial charge in [-0.25, -0.2) is 0 Å². The number of aromatic nitrogens is 2. The highest BCUT2D eigenvalue weighted by Gasteiger charge is 2.10. The van der Waals surface area contributed by atoms with Gasteiger partial charge in [-0.2, -0.15) is 4.98 Å². The lowest BCUT2D eigenvalue weighted by Crippen LogP contribution is -2.24. The van der Waals surface area contributed by atoms with Gasteiger partial charge in [-0.05, 0) is 26.0 Å². The predicted octanol–water partition coefficient (Wildman–Crippen LogP) is 3.76. The Kier molecular flexibility index (Phi) is 5.50. The molecule has 0 aliphatic rings. The Morgan fingerprint density at radius 3 is 2.36 bits per heavy atom. The molecule has 0 saturated heterocycles. The van der Waals surface area contributed by atoms with Gasteiger partial charge in [-0.15, -0.1) is 11.8 Å². The minimum atomic E-state index is -0.0688. The first kappa shape index (κ1) is 17.2.